The smallest absolute Gasteiger partial charge is 0.357 e. The molecule has 2 heterocycles. The molecule has 3 aromatic rings. The van der Waals surface area contributed by atoms with Crippen LogP contribution in [0.25, 0.3) is 5.65 Å². The predicted octanol–water partition coefficient (Wildman–Crippen LogP) is 3.68. The molecule has 0 bridgehead atoms. The molecule has 2 aromatic heterocycles. The van der Waals surface area contributed by atoms with Crippen LogP contribution in [0.2, 0.25) is 0 Å². The molecule has 0 aliphatic rings. The van der Waals surface area contributed by atoms with Crippen LogP contribution in [0.4, 0.5) is 8.78 Å². The van der Waals surface area contributed by atoms with Crippen LogP contribution in [0, 0.1) is 18.6 Å². The topological polar surface area (TPSA) is 52.8 Å². The summed E-state index contributed by atoms with van der Waals surface area (Å²) in [5.41, 5.74) is -0.211. The number of aromatic nitrogens is 2. The van der Waals surface area contributed by atoms with E-state index in [9.17, 15) is 13.6 Å². The Morgan fingerprint density at radius 2 is 2.00 bits per heavy atom. The van der Waals surface area contributed by atoms with Crippen LogP contribution >= 0.6 is 0 Å². The van der Waals surface area contributed by atoms with E-state index in [2.05, 4.69) is 4.98 Å². The fourth-order valence-electron chi connectivity index (χ4n) is 2.38. The lowest BCUT2D eigenvalue weighted by Crippen LogP contribution is -2.09. The zero-order chi connectivity index (χ0) is 19.8. The Bertz CT molecular complexity index is 1000. The van der Waals surface area contributed by atoms with Gasteiger partial charge in [-0.25, -0.2) is 18.6 Å². The van der Waals surface area contributed by atoms with Crippen molar-refractivity contribution < 1.29 is 25.8 Å². The summed E-state index contributed by atoms with van der Waals surface area (Å²) in [5.74, 6) is -2.82. The highest BCUT2D eigenvalue weighted by molar-refractivity contribution is 5.90. The maximum Gasteiger partial charge on any atom is 0.357 e. The number of benzene rings is 1. The molecular formula is C18H16F2N2O3. The number of hydrogen-bond donors (Lipinski definition) is 0. The molecule has 0 saturated carbocycles. The number of ether oxygens (including phenoxy) is 2. The van der Waals surface area contributed by atoms with Crippen LogP contribution < -0.4 is 4.74 Å². The van der Waals surface area contributed by atoms with E-state index < -0.39 is 29.7 Å². The minimum atomic E-state index is -2.80. The highest BCUT2D eigenvalue weighted by atomic mass is 19.1. The molecule has 5 nitrogen and oxygen atoms in total. The third-order valence-corrected chi connectivity index (χ3v) is 3.48. The molecule has 0 spiro atoms. The van der Waals surface area contributed by atoms with Gasteiger partial charge in [-0.1, -0.05) is 6.07 Å². The standard InChI is InChI=1S/C18H16F2N2O3/c1-3-24-18(23)16-11(2)21-17-15(8-5-9-22(16)17)25-10-12-13(19)6-4-7-14(12)20/h4-9H,3,10H2,1-2H3/i10D2. The number of carbonyl (C=O) groups excluding carboxylic acids is 1. The highest BCUT2D eigenvalue weighted by Crippen LogP contribution is 2.24. The first-order valence-corrected chi connectivity index (χ1v) is 7.54. The summed E-state index contributed by atoms with van der Waals surface area (Å²) in [6, 6.07) is 5.92. The first-order valence-electron chi connectivity index (χ1n) is 8.54. The number of fused-ring (bicyclic) bond motifs is 1. The van der Waals surface area contributed by atoms with Crippen LogP contribution in [0.1, 0.15) is 31.4 Å². The van der Waals surface area contributed by atoms with Crippen molar-refractivity contribution in [2.45, 2.75) is 20.4 Å². The zero-order valence-electron chi connectivity index (χ0n) is 15.5. The second kappa shape index (κ2) is 6.88. The maximum atomic E-state index is 14.0. The third kappa shape index (κ3) is 3.17. The summed E-state index contributed by atoms with van der Waals surface area (Å²) in [4.78, 5) is 16.4. The van der Waals surface area contributed by atoms with Crippen molar-refractivity contribution in [2.24, 2.45) is 0 Å². The van der Waals surface area contributed by atoms with E-state index in [1.807, 2.05) is 0 Å². The number of imidazole rings is 1. The van der Waals surface area contributed by atoms with Gasteiger partial charge in [0.1, 0.15) is 18.2 Å². The molecule has 1 aromatic carbocycles. The minimum absolute atomic E-state index is 0.0798. The maximum absolute atomic E-state index is 14.0. The van der Waals surface area contributed by atoms with Gasteiger partial charge in [0.15, 0.2) is 17.1 Å². The predicted molar refractivity (Wildman–Crippen MR) is 86.6 cm³/mol. The van der Waals surface area contributed by atoms with Crippen molar-refractivity contribution in [3.63, 3.8) is 0 Å². The van der Waals surface area contributed by atoms with Gasteiger partial charge in [-0.2, -0.15) is 0 Å². The number of pyridine rings is 1. The Morgan fingerprint density at radius 3 is 2.68 bits per heavy atom. The largest absolute Gasteiger partial charge is 0.485 e. The van der Waals surface area contributed by atoms with Crippen molar-refractivity contribution in [3.05, 3.63) is 65.1 Å². The van der Waals surface area contributed by atoms with E-state index in [0.717, 1.165) is 18.2 Å². The van der Waals surface area contributed by atoms with Gasteiger partial charge in [-0.15, -0.1) is 0 Å². The molecule has 0 fully saturated rings. The van der Waals surface area contributed by atoms with Crippen molar-refractivity contribution >= 4 is 11.6 Å². The van der Waals surface area contributed by atoms with Gasteiger partial charge in [0.2, 0.25) is 0 Å². The number of carbonyl (C=O) groups is 1. The zero-order valence-corrected chi connectivity index (χ0v) is 13.5. The Hall–Kier alpha value is -2.96. The van der Waals surface area contributed by atoms with Crippen LogP contribution in [0.3, 0.4) is 0 Å². The average molecular weight is 348 g/mol. The van der Waals surface area contributed by atoms with E-state index in [4.69, 9.17) is 12.2 Å². The Morgan fingerprint density at radius 1 is 1.28 bits per heavy atom. The van der Waals surface area contributed by atoms with E-state index in [1.165, 1.54) is 22.7 Å². The van der Waals surface area contributed by atoms with Crippen LogP contribution in [-0.2, 0) is 11.3 Å². The summed E-state index contributed by atoms with van der Waals surface area (Å²) in [7, 11) is 0. The molecule has 0 radical (unpaired) electrons. The monoisotopic (exact) mass is 348 g/mol. The molecular weight excluding hydrogens is 330 g/mol. The summed E-state index contributed by atoms with van der Waals surface area (Å²) in [5, 5.41) is 0. The molecule has 7 heteroatoms. The second-order valence-corrected chi connectivity index (χ2v) is 5.13. The number of aryl methyl sites for hydroxylation is 1. The molecule has 25 heavy (non-hydrogen) atoms. The minimum Gasteiger partial charge on any atom is -0.485 e. The normalized spacial score (nSPS) is 12.6. The van der Waals surface area contributed by atoms with Crippen molar-refractivity contribution in [1.29, 1.82) is 0 Å². The first-order chi connectivity index (χ1) is 12.8. The second-order valence-electron chi connectivity index (χ2n) is 5.13. The van der Waals surface area contributed by atoms with Crippen molar-refractivity contribution in [1.82, 2.24) is 9.38 Å². The van der Waals surface area contributed by atoms with Gasteiger partial charge in [0.05, 0.1) is 20.6 Å². The van der Waals surface area contributed by atoms with E-state index >= 15 is 0 Å². The summed E-state index contributed by atoms with van der Waals surface area (Å²) < 4.78 is 55.7. The van der Waals surface area contributed by atoms with Gasteiger partial charge in [-0.05, 0) is 38.1 Å². The lowest BCUT2D eigenvalue weighted by atomic mass is 10.2. The third-order valence-electron chi connectivity index (χ3n) is 3.48. The van der Waals surface area contributed by atoms with E-state index in [1.54, 1.807) is 13.8 Å². The average Bonchev–Trinajstić information content (AvgIpc) is 2.91. The number of nitrogens with zero attached hydrogens (tertiary/aromatic N) is 2. The van der Waals surface area contributed by atoms with Gasteiger partial charge in [0, 0.05) is 6.20 Å². The number of hydrogen-bond acceptors (Lipinski definition) is 4. The van der Waals surface area contributed by atoms with Gasteiger partial charge >= 0.3 is 5.97 Å². The Kier molecular flexibility index (Phi) is 3.96. The number of esters is 1. The van der Waals surface area contributed by atoms with Crippen LogP contribution in [0.5, 0.6) is 5.75 Å². The molecule has 0 aliphatic heterocycles. The lowest BCUT2D eigenvalue weighted by molar-refractivity contribution is 0.0517. The lowest BCUT2D eigenvalue weighted by Gasteiger charge is -2.09. The molecule has 0 N–H and O–H groups in total. The van der Waals surface area contributed by atoms with E-state index in [0.29, 0.717) is 5.69 Å². The molecule has 0 aliphatic carbocycles. The molecule has 0 amide bonds. The Balaban J connectivity index is 2.08. The summed E-state index contributed by atoms with van der Waals surface area (Å²) in [6.45, 7) is 0.634. The SMILES string of the molecule is [2H]C([2H])(Oc1cccn2c(C(=O)OCC)c(C)nc12)c1c(F)cccc1F. The van der Waals surface area contributed by atoms with Gasteiger partial charge < -0.3 is 9.47 Å². The highest BCUT2D eigenvalue weighted by Gasteiger charge is 2.20. The van der Waals surface area contributed by atoms with Crippen molar-refractivity contribution in [2.75, 3.05) is 6.61 Å². The number of rotatable bonds is 5. The molecule has 0 atom stereocenters. The van der Waals surface area contributed by atoms with Crippen molar-refractivity contribution in [3.8, 4) is 5.75 Å². The fourth-order valence-corrected chi connectivity index (χ4v) is 2.38. The molecule has 0 saturated heterocycles. The number of halogens is 2. The van der Waals surface area contributed by atoms with Crippen LogP contribution in [-0.4, -0.2) is 22.0 Å². The molecule has 0 unspecified atom stereocenters. The molecule has 130 valence electrons. The fraction of sp³-hybridized carbons (Fsp3) is 0.222. The molecule has 3 rings (SSSR count). The quantitative estimate of drug-likeness (QED) is 0.660. The van der Waals surface area contributed by atoms with Gasteiger partial charge in [-0.3, -0.25) is 4.40 Å². The summed E-state index contributed by atoms with van der Waals surface area (Å²) in [6.07, 6.45) is 1.54. The Labute approximate surface area is 145 Å². The first kappa shape index (κ1) is 14.4. The summed E-state index contributed by atoms with van der Waals surface area (Å²) >= 11 is 0. The van der Waals surface area contributed by atoms with E-state index in [-0.39, 0.29) is 23.7 Å². The van der Waals surface area contributed by atoms with Crippen LogP contribution in [0.15, 0.2) is 36.5 Å². The van der Waals surface area contributed by atoms with Gasteiger partial charge in [0.25, 0.3) is 0 Å².